The van der Waals surface area contributed by atoms with E-state index in [1.807, 2.05) is 25.1 Å². The molecular weight excluding hydrogens is 302 g/mol. The molecule has 0 radical (unpaired) electrons. The third-order valence-corrected chi connectivity index (χ3v) is 3.83. The van der Waals surface area contributed by atoms with Crippen LogP contribution in [-0.4, -0.2) is 25.4 Å². The Kier molecular flexibility index (Phi) is 5.95. The fourth-order valence-corrected chi connectivity index (χ4v) is 2.45. The number of aryl methyl sites for hydroxylation is 2. The average Bonchev–Trinajstić information content (AvgIpc) is 2.61. The Bertz CT molecular complexity index is 724. The van der Waals surface area contributed by atoms with Gasteiger partial charge < -0.3 is 16.0 Å². The first-order valence-electron chi connectivity index (χ1n) is 7.99. The van der Waals surface area contributed by atoms with E-state index in [1.54, 1.807) is 31.3 Å². The summed E-state index contributed by atoms with van der Waals surface area (Å²) >= 11 is 0. The van der Waals surface area contributed by atoms with Gasteiger partial charge in [0.2, 0.25) is 5.91 Å². The van der Waals surface area contributed by atoms with Crippen molar-refractivity contribution >= 4 is 23.2 Å². The van der Waals surface area contributed by atoms with Crippen molar-refractivity contribution in [1.29, 1.82) is 0 Å². The van der Waals surface area contributed by atoms with E-state index in [0.717, 1.165) is 28.9 Å². The summed E-state index contributed by atoms with van der Waals surface area (Å²) in [5.41, 5.74) is 4.44. The largest absolute Gasteiger partial charge is 0.376 e. The lowest BCUT2D eigenvalue weighted by Crippen LogP contribution is -2.23. The van der Waals surface area contributed by atoms with Crippen molar-refractivity contribution < 1.29 is 9.59 Å². The molecule has 0 aliphatic carbocycles. The molecule has 5 nitrogen and oxygen atoms in total. The molecule has 3 N–H and O–H groups in total. The third-order valence-electron chi connectivity index (χ3n) is 3.83. The molecule has 0 bridgehead atoms. The maximum absolute atomic E-state index is 12.2. The molecule has 126 valence electrons. The highest BCUT2D eigenvalue weighted by Crippen LogP contribution is 2.21. The molecule has 0 spiro atoms. The molecule has 0 saturated carbocycles. The van der Waals surface area contributed by atoms with Crippen molar-refractivity contribution in [2.24, 2.45) is 0 Å². The number of carbonyl (C=O) groups is 2. The second-order valence-corrected chi connectivity index (χ2v) is 5.52. The molecule has 0 aliphatic rings. The predicted octanol–water partition coefficient (Wildman–Crippen LogP) is 2.97. The Morgan fingerprint density at radius 1 is 1.04 bits per heavy atom. The summed E-state index contributed by atoms with van der Waals surface area (Å²) in [5, 5.41) is 8.61. The van der Waals surface area contributed by atoms with Gasteiger partial charge >= 0.3 is 0 Å². The maximum atomic E-state index is 12.2. The average molecular weight is 325 g/mol. The van der Waals surface area contributed by atoms with Crippen molar-refractivity contribution in [2.75, 3.05) is 24.2 Å². The number of anilines is 2. The van der Waals surface area contributed by atoms with Gasteiger partial charge in [-0.1, -0.05) is 25.1 Å². The monoisotopic (exact) mass is 325 g/mol. The summed E-state index contributed by atoms with van der Waals surface area (Å²) in [7, 11) is 1.59. The zero-order valence-corrected chi connectivity index (χ0v) is 14.3. The van der Waals surface area contributed by atoms with E-state index in [4.69, 9.17) is 0 Å². The summed E-state index contributed by atoms with van der Waals surface area (Å²) in [4.78, 5) is 23.7. The maximum Gasteiger partial charge on any atom is 0.251 e. The number of hydrogen-bond donors (Lipinski definition) is 3. The van der Waals surface area contributed by atoms with Crippen LogP contribution in [-0.2, 0) is 11.2 Å². The molecule has 0 unspecified atom stereocenters. The van der Waals surface area contributed by atoms with Crippen molar-refractivity contribution in [1.82, 2.24) is 5.32 Å². The number of amides is 2. The first kappa shape index (κ1) is 17.5. The second kappa shape index (κ2) is 8.15. The second-order valence-electron chi connectivity index (χ2n) is 5.52. The minimum atomic E-state index is -0.133. The number of carbonyl (C=O) groups excluding carboxylic acids is 2. The van der Waals surface area contributed by atoms with Crippen LogP contribution < -0.4 is 16.0 Å². The topological polar surface area (TPSA) is 70.2 Å². The summed E-state index contributed by atoms with van der Waals surface area (Å²) in [6.45, 7) is 4.22. The minimum Gasteiger partial charge on any atom is -0.376 e. The molecule has 0 atom stereocenters. The third kappa shape index (κ3) is 4.35. The molecule has 2 aromatic carbocycles. The van der Waals surface area contributed by atoms with E-state index in [0.29, 0.717) is 5.56 Å². The van der Waals surface area contributed by atoms with Crippen LogP contribution in [0.25, 0.3) is 0 Å². The van der Waals surface area contributed by atoms with Crippen LogP contribution in [0.3, 0.4) is 0 Å². The summed E-state index contributed by atoms with van der Waals surface area (Å²) in [5.74, 6) is -0.236. The fraction of sp³-hybridized carbons (Fsp3) is 0.263. The van der Waals surface area contributed by atoms with Crippen LogP contribution >= 0.6 is 0 Å². The quantitative estimate of drug-likeness (QED) is 0.765. The molecule has 2 rings (SSSR count). The van der Waals surface area contributed by atoms with Crippen LogP contribution in [0.5, 0.6) is 0 Å². The standard InChI is InChI=1S/C19H23N3O2/c1-4-14-7-5-6-13(2)18(14)22-17(23)12-21-16-10-8-15(9-11-16)19(24)20-3/h5-11,21H,4,12H2,1-3H3,(H,20,24)(H,22,23). The Labute approximate surface area is 142 Å². The van der Waals surface area contributed by atoms with Gasteiger partial charge in [-0.15, -0.1) is 0 Å². The van der Waals surface area contributed by atoms with E-state index in [9.17, 15) is 9.59 Å². The van der Waals surface area contributed by atoms with Gasteiger partial charge in [0.05, 0.1) is 6.54 Å². The highest BCUT2D eigenvalue weighted by atomic mass is 16.2. The van der Waals surface area contributed by atoms with Gasteiger partial charge in [-0.2, -0.15) is 0 Å². The molecule has 0 aliphatic heterocycles. The Hall–Kier alpha value is -2.82. The Morgan fingerprint density at radius 3 is 2.38 bits per heavy atom. The Morgan fingerprint density at radius 2 is 1.75 bits per heavy atom. The van der Waals surface area contributed by atoms with Gasteiger partial charge in [-0.3, -0.25) is 9.59 Å². The summed E-state index contributed by atoms with van der Waals surface area (Å²) in [6.07, 6.45) is 0.867. The molecule has 0 fully saturated rings. The zero-order chi connectivity index (χ0) is 17.5. The molecule has 0 saturated heterocycles. The lowest BCUT2D eigenvalue weighted by molar-refractivity contribution is -0.114. The zero-order valence-electron chi connectivity index (χ0n) is 14.3. The van der Waals surface area contributed by atoms with Gasteiger partial charge in [0.25, 0.3) is 5.91 Å². The van der Waals surface area contributed by atoms with E-state index in [2.05, 4.69) is 22.9 Å². The van der Waals surface area contributed by atoms with E-state index in [-0.39, 0.29) is 18.4 Å². The van der Waals surface area contributed by atoms with E-state index in [1.165, 1.54) is 0 Å². The predicted molar refractivity (Wildman–Crippen MR) is 97.5 cm³/mol. The summed E-state index contributed by atoms with van der Waals surface area (Å²) < 4.78 is 0. The number of benzene rings is 2. The van der Waals surface area contributed by atoms with Crippen LogP contribution in [0.2, 0.25) is 0 Å². The number of nitrogens with one attached hydrogen (secondary N) is 3. The molecule has 0 aromatic heterocycles. The fourth-order valence-electron chi connectivity index (χ4n) is 2.45. The van der Waals surface area contributed by atoms with Gasteiger partial charge in [0, 0.05) is 24.0 Å². The Balaban J connectivity index is 1.95. The number of rotatable bonds is 6. The van der Waals surface area contributed by atoms with Crippen molar-refractivity contribution in [3.8, 4) is 0 Å². The number of para-hydroxylation sites is 1. The minimum absolute atomic E-state index is 0.102. The van der Waals surface area contributed by atoms with Crippen molar-refractivity contribution in [2.45, 2.75) is 20.3 Å². The highest BCUT2D eigenvalue weighted by molar-refractivity contribution is 5.96. The van der Waals surface area contributed by atoms with Crippen LogP contribution in [0.15, 0.2) is 42.5 Å². The van der Waals surface area contributed by atoms with Crippen LogP contribution in [0.1, 0.15) is 28.4 Å². The lowest BCUT2D eigenvalue weighted by Gasteiger charge is -2.13. The summed E-state index contributed by atoms with van der Waals surface area (Å²) in [6, 6.07) is 13.0. The first-order valence-corrected chi connectivity index (χ1v) is 7.99. The first-order chi connectivity index (χ1) is 11.5. The van der Waals surface area contributed by atoms with Crippen molar-refractivity contribution in [3.63, 3.8) is 0 Å². The molecule has 24 heavy (non-hydrogen) atoms. The molecule has 0 heterocycles. The molecule has 2 amide bonds. The van der Waals surface area contributed by atoms with Gasteiger partial charge in [0.15, 0.2) is 0 Å². The van der Waals surface area contributed by atoms with E-state index < -0.39 is 0 Å². The lowest BCUT2D eigenvalue weighted by atomic mass is 10.1. The smallest absolute Gasteiger partial charge is 0.251 e. The SMILES string of the molecule is CCc1cccc(C)c1NC(=O)CNc1ccc(C(=O)NC)cc1. The molecular formula is C19H23N3O2. The molecule has 2 aromatic rings. The highest BCUT2D eigenvalue weighted by Gasteiger charge is 2.09. The van der Waals surface area contributed by atoms with Crippen molar-refractivity contribution in [3.05, 3.63) is 59.2 Å². The van der Waals surface area contributed by atoms with Crippen LogP contribution in [0.4, 0.5) is 11.4 Å². The van der Waals surface area contributed by atoms with Gasteiger partial charge in [-0.05, 0) is 48.7 Å². The van der Waals surface area contributed by atoms with E-state index >= 15 is 0 Å². The molecule has 5 heteroatoms. The van der Waals surface area contributed by atoms with Gasteiger partial charge in [-0.25, -0.2) is 0 Å². The van der Waals surface area contributed by atoms with Crippen LogP contribution in [0, 0.1) is 6.92 Å². The normalized spacial score (nSPS) is 10.1. The number of hydrogen-bond acceptors (Lipinski definition) is 3. The van der Waals surface area contributed by atoms with Gasteiger partial charge in [0.1, 0.15) is 0 Å².